The van der Waals surface area contributed by atoms with Gasteiger partial charge in [0.1, 0.15) is 5.75 Å². The Kier molecular flexibility index (Phi) is 10.6. The lowest BCUT2D eigenvalue weighted by Gasteiger charge is -2.18. The van der Waals surface area contributed by atoms with E-state index < -0.39 is 0 Å². The molecule has 0 unspecified atom stereocenters. The van der Waals surface area contributed by atoms with Crippen molar-refractivity contribution in [1.29, 1.82) is 0 Å². The number of benzene rings is 2. The highest BCUT2D eigenvalue weighted by atomic mass is 16.3. The maximum atomic E-state index is 11.9. The molecule has 2 N–H and O–H groups in total. The first-order valence-electron chi connectivity index (χ1n) is 11.0. The first-order chi connectivity index (χ1) is 14.1. The van der Waals surface area contributed by atoms with Gasteiger partial charge in [-0.1, -0.05) is 77.9 Å². The van der Waals surface area contributed by atoms with Crippen molar-refractivity contribution in [3.05, 3.63) is 58.7 Å². The Morgan fingerprint density at radius 3 is 1.73 bits per heavy atom. The van der Waals surface area contributed by atoms with Gasteiger partial charge in [-0.05, 0) is 61.0 Å². The summed E-state index contributed by atoms with van der Waals surface area (Å²) in [6, 6.07) is 12.0. The van der Waals surface area contributed by atoms with Gasteiger partial charge in [0, 0.05) is 5.69 Å². The zero-order valence-corrected chi connectivity index (χ0v) is 20.0. The number of amides is 1. The number of anilines is 1. The summed E-state index contributed by atoms with van der Waals surface area (Å²) in [4.78, 5) is 14.0. The summed E-state index contributed by atoms with van der Waals surface area (Å²) < 4.78 is 0. The topological polar surface area (TPSA) is 52.6 Å². The number of carbonyl (C=O) groups is 1. The number of para-hydroxylation sites is 2. The second kappa shape index (κ2) is 12.4. The van der Waals surface area contributed by atoms with Gasteiger partial charge in [-0.2, -0.15) is 0 Å². The molecule has 0 saturated carbocycles. The van der Waals surface area contributed by atoms with E-state index in [1.807, 2.05) is 50.2 Å². The summed E-state index contributed by atoms with van der Waals surface area (Å²) in [6.45, 7) is 18.8. The van der Waals surface area contributed by atoms with E-state index in [4.69, 9.17) is 0 Å². The fraction of sp³-hybridized carbons (Fsp3) is 0.500. The van der Waals surface area contributed by atoms with E-state index in [1.54, 1.807) is 0 Å². The van der Waals surface area contributed by atoms with E-state index in [-0.39, 0.29) is 5.91 Å². The molecule has 166 valence electrons. The Balaban J connectivity index is 0.000000311. The van der Waals surface area contributed by atoms with Crippen LogP contribution in [0.2, 0.25) is 0 Å². The van der Waals surface area contributed by atoms with E-state index in [2.05, 4.69) is 51.8 Å². The second-order valence-electron chi connectivity index (χ2n) is 8.37. The lowest BCUT2D eigenvalue weighted by atomic mass is 9.94. The molecule has 0 atom stereocenters. The van der Waals surface area contributed by atoms with Crippen LogP contribution >= 0.6 is 0 Å². The Morgan fingerprint density at radius 1 is 0.900 bits per heavy atom. The van der Waals surface area contributed by atoms with E-state index in [1.165, 1.54) is 0 Å². The van der Waals surface area contributed by atoms with E-state index in [9.17, 15) is 9.90 Å². The lowest BCUT2D eigenvalue weighted by Crippen LogP contribution is -2.33. The summed E-state index contributed by atoms with van der Waals surface area (Å²) in [5.74, 6) is 1.32. The Morgan fingerprint density at radius 2 is 1.33 bits per heavy atom. The molecule has 0 aliphatic rings. The largest absolute Gasteiger partial charge is 0.507 e. The van der Waals surface area contributed by atoms with Gasteiger partial charge in [-0.3, -0.25) is 9.69 Å². The predicted octanol–water partition coefficient (Wildman–Crippen LogP) is 6.22. The molecule has 2 aromatic rings. The second-order valence-corrected chi connectivity index (χ2v) is 8.37. The summed E-state index contributed by atoms with van der Waals surface area (Å²) in [7, 11) is 0. The number of nitrogens with zero attached hydrogens (tertiary/aromatic N) is 1. The van der Waals surface area contributed by atoms with Crippen molar-refractivity contribution in [1.82, 2.24) is 4.90 Å². The molecule has 4 heteroatoms. The number of carbonyl (C=O) groups excluding carboxylic acids is 1. The van der Waals surface area contributed by atoms with Gasteiger partial charge in [0.2, 0.25) is 5.91 Å². The van der Waals surface area contributed by atoms with Crippen LogP contribution in [-0.4, -0.2) is 35.5 Å². The summed E-state index contributed by atoms with van der Waals surface area (Å²) in [5, 5.41) is 12.9. The van der Waals surface area contributed by atoms with Crippen molar-refractivity contribution >= 4 is 11.6 Å². The maximum Gasteiger partial charge on any atom is 0.238 e. The van der Waals surface area contributed by atoms with E-state index in [0.29, 0.717) is 24.1 Å². The van der Waals surface area contributed by atoms with Crippen LogP contribution in [0.15, 0.2) is 36.4 Å². The maximum absolute atomic E-state index is 11.9. The average molecular weight is 413 g/mol. The van der Waals surface area contributed by atoms with Crippen LogP contribution in [0.25, 0.3) is 0 Å². The highest BCUT2D eigenvalue weighted by Gasteiger charge is 2.12. The minimum Gasteiger partial charge on any atom is -0.507 e. The number of aryl methyl sites for hydroxylation is 2. The van der Waals surface area contributed by atoms with E-state index in [0.717, 1.165) is 41.0 Å². The molecule has 0 radical (unpaired) electrons. The number of rotatable bonds is 7. The van der Waals surface area contributed by atoms with Gasteiger partial charge < -0.3 is 10.4 Å². The van der Waals surface area contributed by atoms with Crippen LogP contribution < -0.4 is 5.32 Å². The summed E-state index contributed by atoms with van der Waals surface area (Å²) in [5.41, 5.74) is 5.26. The van der Waals surface area contributed by atoms with Gasteiger partial charge in [-0.15, -0.1) is 0 Å². The molecule has 0 aliphatic carbocycles. The molecule has 0 saturated heterocycles. The van der Waals surface area contributed by atoms with Gasteiger partial charge in [0.25, 0.3) is 0 Å². The van der Waals surface area contributed by atoms with Gasteiger partial charge >= 0.3 is 0 Å². The number of nitrogens with one attached hydrogen (secondary N) is 1. The monoisotopic (exact) mass is 412 g/mol. The van der Waals surface area contributed by atoms with Crippen LogP contribution in [0.3, 0.4) is 0 Å². The molecule has 2 aromatic carbocycles. The molecule has 30 heavy (non-hydrogen) atoms. The fourth-order valence-corrected chi connectivity index (χ4v) is 3.35. The molecular formula is C26H40N2O2. The molecule has 0 spiro atoms. The number of hydrogen-bond acceptors (Lipinski definition) is 3. The van der Waals surface area contributed by atoms with Gasteiger partial charge in [0.15, 0.2) is 0 Å². The SMILES string of the molecule is CC(C)c1cccc(C(C)C)c1O.CCN(CC)CC(=O)Nc1c(C)cccc1C. The third kappa shape index (κ3) is 7.49. The smallest absolute Gasteiger partial charge is 0.238 e. The molecule has 0 heterocycles. The van der Waals surface area contributed by atoms with Gasteiger partial charge in [0.05, 0.1) is 6.54 Å². The third-order valence-electron chi connectivity index (χ3n) is 5.35. The third-order valence-corrected chi connectivity index (χ3v) is 5.35. The minimum absolute atomic E-state index is 0.0612. The van der Waals surface area contributed by atoms with Crippen molar-refractivity contribution in [2.45, 2.75) is 67.2 Å². The molecule has 0 fully saturated rings. The zero-order chi connectivity index (χ0) is 22.8. The zero-order valence-electron chi connectivity index (χ0n) is 20.0. The standard InChI is InChI=1S/C14H22N2O.C12H18O/c1-5-16(6-2)10-13(17)15-14-11(3)8-7-9-12(14)4;1-8(2)10-6-5-7-11(9(3)4)12(10)13/h7-9H,5-6,10H2,1-4H3,(H,15,17);5-9,13H,1-4H3. The normalized spacial score (nSPS) is 10.9. The van der Waals surface area contributed by atoms with Crippen molar-refractivity contribution < 1.29 is 9.90 Å². The van der Waals surface area contributed by atoms with E-state index >= 15 is 0 Å². The first kappa shape index (κ1) is 25.7. The van der Waals surface area contributed by atoms with Crippen molar-refractivity contribution in [3.8, 4) is 5.75 Å². The Labute approximate surface area is 183 Å². The molecule has 0 bridgehead atoms. The number of phenolic OH excluding ortho intramolecular Hbond substituents is 1. The van der Waals surface area contributed by atoms with Gasteiger partial charge in [-0.25, -0.2) is 0 Å². The number of likely N-dealkylation sites (N-methyl/N-ethyl adjacent to an activating group) is 1. The Bertz CT molecular complexity index is 762. The lowest BCUT2D eigenvalue weighted by molar-refractivity contribution is -0.117. The highest BCUT2D eigenvalue weighted by Crippen LogP contribution is 2.32. The molecule has 4 nitrogen and oxygen atoms in total. The van der Waals surface area contributed by atoms with Crippen LogP contribution in [-0.2, 0) is 4.79 Å². The molecule has 0 aliphatic heterocycles. The van der Waals surface area contributed by atoms with Crippen molar-refractivity contribution in [2.75, 3.05) is 25.0 Å². The number of phenols is 1. The van der Waals surface area contributed by atoms with Crippen LogP contribution in [0, 0.1) is 13.8 Å². The Hall–Kier alpha value is -2.33. The number of aromatic hydroxyl groups is 1. The molecule has 1 amide bonds. The number of hydrogen-bond donors (Lipinski definition) is 2. The van der Waals surface area contributed by atoms with Crippen molar-refractivity contribution in [2.24, 2.45) is 0 Å². The van der Waals surface area contributed by atoms with Crippen LogP contribution in [0.1, 0.15) is 75.6 Å². The molecular weight excluding hydrogens is 372 g/mol. The average Bonchev–Trinajstić information content (AvgIpc) is 2.69. The fourth-order valence-electron chi connectivity index (χ4n) is 3.35. The minimum atomic E-state index is 0.0612. The predicted molar refractivity (Wildman–Crippen MR) is 129 cm³/mol. The molecule has 0 aromatic heterocycles. The quantitative estimate of drug-likeness (QED) is 0.567. The highest BCUT2D eigenvalue weighted by molar-refractivity contribution is 5.93. The summed E-state index contributed by atoms with van der Waals surface area (Å²) in [6.07, 6.45) is 0. The van der Waals surface area contributed by atoms with Crippen LogP contribution in [0.4, 0.5) is 5.69 Å². The molecule has 2 rings (SSSR count). The van der Waals surface area contributed by atoms with Crippen LogP contribution in [0.5, 0.6) is 5.75 Å². The van der Waals surface area contributed by atoms with Crippen molar-refractivity contribution in [3.63, 3.8) is 0 Å². The first-order valence-corrected chi connectivity index (χ1v) is 11.0. The summed E-state index contributed by atoms with van der Waals surface area (Å²) >= 11 is 0.